The minimum Gasteiger partial charge on any atom is -0.484 e. The van der Waals surface area contributed by atoms with Gasteiger partial charge in [0, 0.05) is 12.6 Å². The van der Waals surface area contributed by atoms with Crippen molar-refractivity contribution in [1.82, 2.24) is 29.9 Å². The molecule has 0 aliphatic rings. The van der Waals surface area contributed by atoms with E-state index in [0.717, 1.165) is 5.56 Å². The van der Waals surface area contributed by atoms with E-state index in [9.17, 15) is 9.59 Å². The van der Waals surface area contributed by atoms with Gasteiger partial charge in [0.2, 0.25) is 0 Å². The second-order valence-electron chi connectivity index (χ2n) is 5.54. The molecule has 9 nitrogen and oxygen atoms in total. The van der Waals surface area contributed by atoms with Crippen LogP contribution in [0.5, 0.6) is 5.75 Å². The Morgan fingerprint density at radius 3 is 2.73 bits per heavy atom. The fourth-order valence-electron chi connectivity index (χ4n) is 2.18. The maximum Gasteiger partial charge on any atom is 0.266 e. The molecule has 2 aromatic heterocycles. The number of rotatable bonds is 7. The number of carbonyl (C=O) groups is 1. The van der Waals surface area contributed by atoms with Gasteiger partial charge in [0.25, 0.3) is 11.5 Å². The van der Waals surface area contributed by atoms with E-state index < -0.39 is 0 Å². The lowest BCUT2D eigenvalue weighted by Crippen LogP contribution is -2.34. The van der Waals surface area contributed by atoms with E-state index in [0.29, 0.717) is 11.6 Å². The molecule has 0 spiro atoms. The third kappa shape index (κ3) is 4.53. The van der Waals surface area contributed by atoms with Crippen LogP contribution in [-0.4, -0.2) is 43.6 Å². The van der Waals surface area contributed by atoms with Crippen molar-refractivity contribution in [3.8, 4) is 11.6 Å². The molecule has 0 atom stereocenters. The van der Waals surface area contributed by atoms with Gasteiger partial charge in [-0.3, -0.25) is 9.59 Å². The molecule has 0 bridgehead atoms. The van der Waals surface area contributed by atoms with Crippen molar-refractivity contribution in [3.63, 3.8) is 0 Å². The summed E-state index contributed by atoms with van der Waals surface area (Å²) in [5.74, 6) is 0.825. The van der Waals surface area contributed by atoms with Crippen LogP contribution in [0.2, 0.25) is 0 Å². The standard InChI is InChI=1S/C17H18N6O3/c1-13-2-4-14(5-3-13)26-10-16(24)19-8-9-22-17(25)7-6-15(21-22)23-12-18-11-20-23/h2-7,11-12H,8-10H2,1H3,(H,19,24). The molecule has 9 heteroatoms. The van der Waals surface area contributed by atoms with Gasteiger partial charge in [0.05, 0.1) is 6.54 Å². The van der Waals surface area contributed by atoms with Gasteiger partial charge < -0.3 is 10.1 Å². The van der Waals surface area contributed by atoms with Crippen LogP contribution >= 0.6 is 0 Å². The average molecular weight is 354 g/mol. The lowest BCUT2D eigenvalue weighted by molar-refractivity contribution is -0.123. The molecule has 0 saturated carbocycles. The number of hydrogen-bond acceptors (Lipinski definition) is 6. The minimum absolute atomic E-state index is 0.0929. The zero-order valence-corrected chi connectivity index (χ0v) is 14.2. The van der Waals surface area contributed by atoms with Crippen molar-refractivity contribution in [2.24, 2.45) is 0 Å². The third-order valence-corrected chi connectivity index (χ3v) is 3.54. The van der Waals surface area contributed by atoms with Crippen LogP contribution in [0.1, 0.15) is 5.56 Å². The Morgan fingerprint density at radius 1 is 1.19 bits per heavy atom. The van der Waals surface area contributed by atoms with E-state index in [4.69, 9.17) is 4.74 Å². The number of aromatic nitrogens is 5. The smallest absolute Gasteiger partial charge is 0.266 e. The van der Waals surface area contributed by atoms with Crippen LogP contribution in [0, 0.1) is 6.92 Å². The summed E-state index contributed by atoms with van der Waals surface area (Å²) >= 11 is 0. The number of amides is 1. The Bertz CT molecular complexity index is 918. The lowest BCUT2D eigenvalue weighted by atomic mass is 10.2. The van der Waals surface area contributed by atoms with E-state index in [-0.39, 0.29) is 31.2 Å². The topological polar surface area (TPSA) is 104 Å². The Balaban J connectivity index is 1.49. The lowest BCUT2D eigenvalue weighted by Gasteiger charge is -2.09. The Morgan fingerprint density at radius 2 is 2.00 bits per heavy atom. The van der Waals surface area contributed by atoms with Crippen LogP contribution in [0.3, 0.4) is 0 Å². The van der Waals surface area contributed by atoms with Crippen molar-refractivity contribution in [2.75, 3.05) is 13.2 Å². The summed E-state index contributed by atoms with van der Waals surface area (Å²) < 4.78 is 8.11. The highest BCUT2D eigenvalue weighted by atomic mass is 16.5. The molecule has 3 rings (SSSR count). The quantitative estimate of drug-likeness (QED) is 0.656. The van der Waals surface area contributed by atoms with Crippen molar-refractivity contribution < 1.29 is 9.53 Å². The summed E-state index contributed by atoms with van der Waals surface area (Å²) in [7, 11) is 0. The summed E-state index contributed by atoms with van der Waals surface area (Å²) in [6, 6.07) is 10.4. The van der Waals surface area contributed by atoms with Crippen molar-refractivity contribution in [3.05, 3.63) is 65.0 Å². The summed E-state index contributed by atoms with van der Waals surface area (Å²) in [6.45, 7) is 2.37. The molecule has 134 valence electrons. The molecule has 1 aromatic carbocycles. The number of nitrogens with one attached hydrogen (secondary N) is 1. The average Bonchev–Trinajstić information content (AvgIpc) is 3.17. The largest absolute Gasteiger partial charge is 0.484 e. The van der Waals surface area contributed by atoms with E-state index in [1.807, 2.05) is 31.2 Å². The SMILES string of the molecule is Cc1ccc(OCC(=O)NCCn2nc(-n3cncn3)ccc2=O)cc1. The molecular weight excluding hydrogens is 336 g/mol. The maximum absolute atomic E-state index is 11.9. The summed E-state index contributed by atoms with van der Waals surface area (Å²) in [5.41, 5.74) is 0.854. The van der Waals surface area contributed by atoms with Gasteiger partial charge in [-0.15, -0.1) is 5.10 Å². The first-order valence-corrected chi connectivity index (χ1v) is 8.01. The molecule has 0 fully saturated rings. The van der Waals surface area contributed by atoms with Gasteiger partial charge in [-0.2, -0.15) is 5.10 Å². The molecule has 0 radical (unpaired) electrons. The van der Waals surface area contributed by atoms with Gasteiger partial charge in [0.15, 0.2) is 12.4 Å². The predicted octanol–water partition coefficient (Wildman–Crippen LogP) is 0.328. The van der Waals surface area contributed by atoms with E-state index in [2.05, 4.69) is 20.5 Å². The molecule has 26 heavy (non-hydrogen) atoms. The van der Waals surface area contributed by atoms with E-state index in [1.54, 1.807) is 6.07 Å². The first-order chi connectivity index (χ1) is 12.6. The van der Waals surface area contributed by atoms with Crippen LogP contribution in [0.15, 0.2) is 53.8 Å². The van der Waals surface area contributed by atoms with Crippen LogP contribution in [-0.2, 0) is 11.3 Å². The second-order valence-corrected chi connectivity index (χ2v) is 5.54. The van der Waals surface area contributed by atoms with Gasteiger partial charge >= 0.3 is 0 Å². The number of benzene rings is 1. The fourth-order valence-corrected chi connectivity index (χ4v) is 2.18. The van der Waals surface area contributed by atoms with Crippen molar-refractivity contribution in [2.45, 2.75) is 13.5 Å². The molecule has 0 saturated heterocycles. The first-order valence-electron chi connectivity index (χ1n) is 8.01. The third-order valence-electron chi connectivity index (χ3n) is 3.54. The predicted molar refractivity (Wildman–Crippen MR) is 93.1 cm³/mol. The zero-order chi connectivity index (χ0) is 18.4. The number of nitrogens with zero attached hydrogens (tertiary/aromatic N) is 5. The fraction of sp³-hybridized carbons (Fsp3) is 0.235. The maximum atomic E-state index is 11.9. The highest BCUT2D eigenvalue weighted by Gasteiger charge is 2.05. The molecule has 0 unspecified atom stereocenters. The zero-order valence-electron chi connectivity index (χ0n) is 14.2. The highest BCUT2D eigenvalue weighted by Crippen LogP contribution is 2.10. The van der Waals surface area contributed by atoms with E-state index in [1.165, 1.54) is 28.1 Å². The van der Waals surface area contributed by atoms with Gasteiger partial charge in [-0.25, -0.2) is 14.3 Å². The molecular formula is C17H18N6O3. The minimum atomic E-state index is -0.272. The molecule has 1 N–H and O–H groups in total. The summed E-state index contributed by atoms with van der Waals surface area (Å²) in [6.07, 6.45) is 2.87. The summed E-state index contributed by atoms with van der Waals surface area (Å²) in [5, 5.41) is 10.9. The molecule has 0 aliphatic carbocycles. The summed E-state index contributed by atoms with van der Waals surface area (Å²) in [4.78, 5) is 27.6. The molecule has 2 heterocycles. The first kappa shape index (κ1) is 17.3. The van der Waals surface area contributed by atoms with Gasteiger partial charge in [-0.05, 0) is 25.1 Å². The normalized spacial score (nSPS) is 10.5. The number of aryl methyl sites for hydroxylation is 1. The van der Waals surface area contributed by atoms with E-state index >= 15 is 0 Å². The molecule has 0 aliphatic heterocycles. The molecule has 3 aromatic rings. The Kier molecular flexibility index (Phi) is 5.37. The number of hydrogen-bond donors (Lipinski definition) is 1. The Hall–Kier alpha value is -3.49. The van der Waals surface area contributed by atoms with Crippen molar-refractivity contribution >= 4 is 5.91 Å². The van der Waals surface area contributed by atoms with Gasteiger partial charge in [0.1, 0.15) is 18.4 Å². The highest BCUT2D eigenvalue weighted by molar-refractivity contribution is 5.77. The van der Waals surface area contributed by atoms with Gasteiger partial charge in [-0.1, -0.05) is 17.7 Å². The number of ether oxygens (including phenoxy) is 1. The number of carbonyl (C=O) groups excluding carboxylic acids is 1. The van der Waals surface area contributed by atoms with Crippen molar-refractivity contribution in [1.29, 1.82) is 0 Å². The van der Waals surface area contributed by atoms with Crippen LogP contribution in [0.25, 0.3) is 5.82 Å². The van der Waals surface area contributed by atoms with Crippen LogP contribution in [0.4, 0.5) is 0 Å². The van der Waals surface area contributed by atoms with Crippen LogP contribution < -0.4 is 15.6 Å². The molecule has 1 amide bonds. The second kappa shape index (κ2) is 8.06. The Labute approximate surface area is 149 Å². The monoisotopic (exact) mass is 354 g/mol.